The van der Waals surface area contributed by atoms with Crippen LogP contribution in [0.1, 0.15) is 19.0 Å². The lowest BCUT2D eigenvalue weighted by atomic mass is 10.2. The van der Waals surface area contributed by atoms with Crippen LogP contribution in [-0.4, -0.2) is 14.6 Å². The van der Waals surface area contributed by atoms with Crippen LogP contribution < -0.4 is 0 Å². The Labute approximate surface area is 84.9 Å². The standard InChI is InChI=1S/C9H10BrN3/c1-2-3-8-4-9-11-5-7(10)6-13(9)12-8/h4-6H,2-3H2,1H3. The topological polar surface area (TPSA) is 30.2 Å². The second-order valence-corrected chi connectivity index (χ2v) is 3.88. The molecule has 2 aromatic rings. The van der Waals surface area contributed by atoms with Crippen molar-refractivity contribution >= 4 is 21.6 Å². The van der Waals surface area contributed by atoms with Gasteiger partial charge in [0.15, 0.2) is 5.65 Å². The Balaban J connectivity index is 2.49. The van der Waals surface area contributed by atoms with E-state index in [1.807, 2.05) is 12.3 Å². The largest absolute Gasteiger partial charge is 0.236 e. The molecule has 4 heteroatoms. The van der Waals surface area contributed by atoms with Gasteiger partial charge in [-0.1, -0.05) is 13.3 Å². The number of hydrogen-bond acceptors (Lipinski definition) is 2. The summed E-state index contributed by atoms with van der Waals surface area (Å²) in [6.45, 7) is 2.15. The van der Waals surface area contributed by atoms with E-state index in [2.05, 4.69) is 32.9 Å². The van der Waals surface area contributed by atoms with Crippen molar-refractivity contribution in [1.82, 2.24) is 14.6 Å². The van der Waals surface area contributed by atoms with E-state index in [-0.39, 0.29) is 0 Å². The highest BCUT2D eigenvalue weighted by atomic mass is 79.9. The molecule has 0 aliphatic carbocycles. The Hall–Kier alpha value is -0.900. The molecule has 0 unspecified atom stereocenters. The van der Waals surface area contributed by atoms with Crippen molar-refractivity contribution in [1.29, 1.82) is 0 Å². The maximum atomic E-state index is 4.39. The van der Waals surface area contributed by atoms with Crippen molar-refractivity contribution in [3.63, 3.8) is 0 Å². The molecule has 68 valence electrons. The van der Waals surface area contributed by atoms with Gasteiger partial charge in [-0.15, -0.1) is 0 Å². The van der Waals surface area contributed by atoms with Crippen molar-refractivity contribution in [2.45, 2.75) is 19.8 Å². The van der Waals surface area contributed by atoms with Gasteiger partial charge in [-0.2, -0.15) is 5.10 Å². The van der Waals surface area contributed by atoms with Crippen molar-refractivity contribution in [2.24, 2.45) is 0 Å². The van der Waals surface area contributed by atoms with Gasteiger partial charge in [-0.25, -0.2) is 9.50 Å². The van der Waals surface area contributed by atoms with Gasteiger partial charge in [0.25, 0.3) is 0 Å². The molecule has 0 aromatic carbocycles. The molecule has 0 spiro atoms. The molecule has 3 nitrogen and oxygen atoms in total. The summed E-state index contributed by atoms with van der Waals surface area (Å²) in [5.41, 5.74) is 2.01. The average molecular weight is 240 g/mol. The highest BCUT2D eigenvalue weighted by Gasteiger charge is 2.01. The van der Waals surface area contributed by atoms with Gasteiger partial charge < -0.3 is 0 Å². The molecule has 13 heavy (non-hydrogen) atoms. The SMILES string of the molecule is CCCc1cc2ncc(Br)cn2n1. The second-order valence-electron chi connectivity index (χ2n) is 2.96. The monoisotopic (exact) mass is 239 g/mol. The fourth-order valence-corrected chi connectivity index (χ4v) is 1.58. The smallest absolute Gasteiger partial charge is 0.155 e. The van der Waals surface area contributed by atoms with E-state index in [9.17, 15) is 0 Å². The normalized spacial score (nSPS) is 10.9. The summed E-state index contributed by atoms with van der Waals surface area (Å²) in [5, 5.41) is 4.39. The predicted octanol–water partition coefficient (Wildman–Crippen LogP) is 2.44. The van der Waals surface area contributed by atoms with E-state index in [1.54, 1.807) is 10.7 Å². The maximum Gasteiger partial charge on any atom is 0.155 e. The molecule has 2 rings (SSSR count). The van der Waals surface area contributed by atoms with Gasteiger partial charge in [0, 0.05) is 18.5 Å². The zero-order chi connectivity index (χ0) is 9.26. The summed E-state index contributed by atoms with van der Waals surface area (Å²) in [7, 11) is 0. The van der Waals surface area contributed by atoms with E-state index < -0.39 is 0 Å². The number of aromatic nitrogens is 3. The summed E-state index contributed by atoms with van der Waals surface area (Å²) in [6, 6.07) is 2.02. The molecule has 0 saturated carbocycles. The minimum Gasteiger partial charge on any atom is -0.236 e. The minimum atomic E-state index is 0.909. The zero-order valence-corrected chi connectivity index (χ0v) is 8.95. The molecular weight excluding hydrogens is 230 g/mol. The van der Waals surface area contributed by atoms with E-state index in [0.29, 0.717) is 0 Å². The molecule has 2 heterocycles. The molecule has 0 radical (unpaired) electrons. The van der Waals surface area contributed by atoms with Gasteiger partial charge in [0.2, 0.25) is 0 Å². The minimum absolute atomic E-state index is 0.909. The summed E-state index contributed by atoms with van der Waals surface area (Å²) in [6.07, 6.45) is 5.83. The Bertz CT molecular complexity index is 422. The molecule has 0 atom stereocenters. The van der Waals surface area contributed by atoms with Crippen LogP contribution >= 0.6 is 15.9 Å². The third-order valence-electron chi connectivity index (χ3n) is 1.84. The van der Waals surface area contributed by atoms with E-state index in [1.165, 1.54) is 0 Å². The van der Waals surface area contributed by atoms with E-state index in [4.69, 9.17) is 0 Å². The molecule has 0 aliphatic rings. The highest BCUT2D eigenvalue weighted by Crippen LogP contribution is 2.10. The fraction of sp³-hybridized carbons (Fsp3) is 0.333. The predicted molar refractivity (Wildman–Crippen MR) is 54.7 cm³/mol. The van der Waals surface area contributed by atoms with Crippen LogP contribution in [0.15, 0.2) is 22.9 Å². The highest BCUT2D eigenvalue weighted by molar-refractivity contribution is 9.10. The van der Waals surface area contributed by atoms with Crippen LogP contribution in [0.5, 0.6) is 0 Å². The molecule has 2 aromatic heterocycles. The molecule has 0 saturated heterocycles. The van der Waals surface area contributed by atoms with Crippen LogP contribution in [-0.2, 0) is 6.42 Å². The first-order chi connectivity index (χ1) is 6.29. The van der Waals surface area contributed by atoms with Crippen molar-refractivity contribution in [3.8, 4) is 0 Å². The lowest BCUT2D eigenvalue weighted by molar-refractivity contribution is 0.831. The Kier molecular flexibility index (Phi) is 2.31. The number of halogens is 1. The van der Waals surface area contributed by atoms with E-state index >= 15 is 0 Å². The van der Waals surface area contributed by atoms with Crippen molar-refractivity contribution < 1.29 is 0 Å². The third-order valence-corrected chi connectivity index (χ3v) is 2.25. The van der Waals surface area contributed by atoms with Gasteiger partial charge in [-0.05, 0) is 22.4 Å². The number of aryl methyl sites for hydroxylation is 1. The number of nitrogens with zero attached hydrogens (tertiary/aromatic N) is 3. The summed E-state index contributed by atoms with van der Waals surface area (Å²) in [5.74, 6) is 0. The van der Waals surface area contributed by atoms with Crippen LogP contribution in [0.2, 0.25) is 0 Å². The molecule has 0 amide bonds. The summed E-state index contributed by atoms with van der Waals surface area (Å²) in [4.78, 5) is 4.24. The molecule has 0 N–H and O–H groups in total. The van der Waals surface area contributed by atoms with Gasteiger partial charge in [0.1, 0.15) is 0 Å². The van der Waals surface area contributed by atoms with E-state index in [0.717, 1.165) is 28.7 Å². The number of hydrogen-bond donors (Lipinski definition) is 0. The summed E-state index contributed by atoms with van der Waals surface area (Å²) >= 11 is 3.36. The maximum absolute atomic E-state index is 4.39. The molecule has 0 aliphatic heterocycles. The molecule has 0 bridgehead atoms. The Morgan fingerprint density at radius 2 is 2.38 bits per heavy atom. The van der Waals surface area contributed by atoms with Crippen LogP contribution in [0.4, 0.5) is 0 Å². The first-order valence-corrected chi connectivity index (χ1v) is 5.08. The fourth-order valence-electron chi connectivity index (χ4n) is 1.28. The third kappa shape index (κ3) is 1.72. The lowest BCUT2D eigenvalue weighted by Crippen LogP contribution is -1.90. The Morgan fingerprint density at radius 3 is 3.15 bits per heavy atom. The van der Waals surface area contributed by atoms with Crippen molar-refractivity contribution in [3.05, 3.63) is 28.6 Å². The Morgan fingerprint density at radius 1 is 1.54 bits per heavy atom. The first-order valence-electron chi connectivity index (χ1n) is 4.29. The quantitative estimate of drug-likeness (QED) is 0.806. The lowest BCUT2D eigenvalue weighted by Gasteiger charge is -1.91. The first kappa shape index (κ1) is 8.69. The second kappa shape index (κ2) is 3.46. The van der Waals surface area contributed by atoms with Gasteiger partial charge >= 0.3 is 0 Å². The van der Waals surface area contributed by atoms with Crippen LogP contribution in [0.25, 0.3) is 5.65 Å². The zero-order valence-electron chi connectivity index (χ0n) is 7.37. The number of fused-ring (bicyclic) bond motifs is 1. The van der Waals surface area contributed by atoms with Crippen LogP contribution in [0.3, 0.4) is 0 Å². The van der Waals surface area contributed by atoms with Gasteiger partial charge in [-0.3, -0.25) is 0 Å². The van der Waals surface area contributed by atoms with Gasteiger partial charge in [0.05, 0.1) is 10.2 Å². The van der Waals surface area contributed by atoms with Crippen LogP contribution in [0, 0.1) is 0 Å². The average Bonchev–Trinajstić information content (AvgIpc) is 2.46. The summed E-state index contributed by atoms with van der Waals surface area (Å²) < 4.78 is 2.75. The molecular formula is C9H10BrN3. The number of rotatable bonds is 2. The van der Waals surface area contributed by atoms with Crippen molar-refractivity contribution in [2.75, 3.05) is 0 Å². The molecule has 0 fully saturated rings.